The molecule has 238 valence electrons. The maximum atomic E-state index is 12.7. The number of hydrogen-bond acceptors (Lipinski definition) is 7. The van der Waals surface area contributed by atoms with E-state index in [4.69, 9.17) is 14.8 Å². The average molecular weight is 620 g/mol. The molecule has 0 spiro atoms. The highest BCUT2D eigenvalue weighted by atomic mass is 16.5. The van der Waals surface area contributed by atoms with Crippen molar-refractivity contribution in [3.05, 3.63) is 71.7 Å². The zero-order valence-electron chi connectivity index (χ0n) is 27.0. The van der Waals surface area contributed by atoms with Crippen LogP contribution in [0, 0.1) is 5.92 Å². The number of benzene rings is 2. The molecule has 10 heteroatoms. The predicted molar refractivity (Wildman–Crippen MR) is 174 cm³/mol. The molecule has 2 amide bonds. The van der Waals surface area contributed by atoms with Crippen molar-refractivity contribution < 1.29 is 14.3 Å². The number of likely N-dealkylation sites (tertiary alicyclic amines) is 2. The fourth-order valence-electron chi connectivity index (χ4n) is 6.53. The fourth-order valence-corrected chi connectivity index (χ4v) is 6.53. The molecule has 2 aromatic heterocycles. The van der Waals surface area contributed by atoms with E-state index in [1.54, 1.807) is 0 Å². The predicted octanol–water partition coefficient (Wildman–Crippen LogP) is 6.18. The molecule has 1 saturated carbocycles. The molecule has 10 nitrogen and oxygen atoms in total. The van der Waals surface area contributed by atoms with E-state index >= 15 is 0 Å². The molecule has 0 radical (unpaired) electrons. The Morgan fingerprint density at radius 2 is 1.70 bits per heavy atom. The molecule has 0 bridgehead atoms. The maximum absolute atomic E-state index is 12.7. The van der Waals surface area contributed by atoms with Crippen LogP contribution in [0.2, 0.25) is 0 Å². The number of nitrogens with zero attached hydrogens (tertiary/aromatic N) is 7. The molecule has 46 heavy (non-hydrogen) atoms. The summed E-state index contributed by atoms with van der Waals surface area (Å²) in [6, 6.07) is 18.2. The lowest BCUT2D eigenvalue weighted by Crippen LogP contribution is -2.27. The molecule has 4 aromatic rings. The van der Waals surface area contributed by atoms with Crippen molar-refractivity contribution in [2.75, 3.05) is 13.1 Å². The van der Waals surface area contributed by atoms with Crippen molar-refractivity contribution in [1.29, 1.82) is 0 Å². The van der Waals surface area contributed by atoms with Gasteiger partial charge >= 0.3 is 0 Å². The standard InChI is InChI=1S/C36H41N7O3/c1-5-43-36(27-18-34(45)42(21-27)28-10-11-28)37-35(40-43)25-6-7-26(20-41-19-23(4)16-33(41)44)32(17-25)46-29-12-8-24(9-13-29)31-15-14-30(22(2)3)38-39-31/h6-9,12-15,17,22-23,27-28H,5,10-11,16,18-21H2,1-4H3/t23-,27?/m0/s1. The summed E-state index contributed by atoms with van der Waals surface area (Å²) in [5, 5.41) is 13.6. The molecule has 7 rings (SSSR count). The lowest BCUT2D eigenvalue weighted by molar-refractivity contribution is -0.129. The second-order valence-corrected chi connectivity index (χ2v) is 13.3. The summed E-state index contributed by atoms with van der Waals surface area (Å²) in [7, 11) is 0. The van der Waals surface area contributed by atoms with Crippen molar-refractivity contribution in [2.45, 2.75) is 84.3 Å². The monoisotopic (exact) mass is 619 g/mol. The lowest BCUT2D eigenvalue weighted by atomic mass is 10.1. The first-order chi connectivity index (χ1) is 22.2. The van der Waals surface area contributed by atoms with Gasteiger partial charge in [0.1, 0.15) is 17.3 Å². The first kappa shape index (κ1) is 30.1. The van der Waals surface area contributed by atoms with Gasteiger partial charge in [-0.3, -0.25) is 9.59 Å². The topological polar surface area (TPSA) is 106 Å². The molecule has 3 aliphatic rings. The zero-order valence-corrected chi connectivity index (χ0v) is 27.0. The van der Waals surface area contributed by atoms with Gasteiger partial charge in [-0.05, 0) is 74.1 Å². The van der Waals surface area contributed by atoms with E-state index in [9.17, 15) is 9.59 Å². The number of aromatic nitrogens is 5. The van der Waals surface area contributed by atoms with Crippen LogP contribution in [0.5, 0.6) is 11.5 Å². The van der Waals surface area contributed by atoms with Gasteiger partial charge < -0.3 is 14.5 Å². The Kier molecular flexibility index (Phi) is 8.04. The normalized spacial score (nSPS) is 19.9. The maximum Gasteiger partial charge on any atom is 0.223 e. The van der Waals surface area contributed by atoms with Crippen LogP contribution in [0.3, 0.4) is 0 Å². The van der Waals surface area contributed by atoms with Gasteiger partial charge in [-0.15, -0.1) is 0 Å². The van der Waals surface area contributed by atoms with Gasteiger partial charge in [0.05, 0.1) is 11.4 Å². The van der Waals surface area contributed by atoms with Gasteiger partial charge in [0.25, 0.3) is 0 Å². The van der Waals surface area contributed by atoms with Crippen molar-refractivity contribution in [1.82, 2.24) is 34.8 Å². The van der Waals surface area contributed by atoms with Crippen LogP contribution >= 0.6 is 0 Å². The number of amides is 2. The number of carbonyl (C=O) groups is 2. The van der Waals surface area contributed by atoms with E-state index in [-0.39, 0.29) is 17.7 Å². The number of rotatable bonds is 10. The Bertz CT molecular complexity index is 1740. The molecule has 0 N–H and O–H groups in total. The second-order valence-electron chi connectivity index (χ2n) is 13.3. The summed E-state index contributed by atoms with van der Waals surface area (Å²) >= 11 is 0. The van der Waals surface area contributed by atoms with E-state index < -0.39 is 0 Å². The Hall–Kier alpha value is -4.60. The summed E-state index contributed by atoms with van der Waals surface area (Å²) in [6.07, 6.45) is 3.25. The minimum Gasteiger partial charge on any atom is -0.457 e. The first-order valence-corrected chi connectivity index (χ1v) is 16.5. The van der Waals surface area contributed by atoms with E-state index in [2.05, 4.69) is 37.9 Å². The van der Waals surface area contributed by atoms with Crippen LogP contribution in [0.25, 0.3) is 22.6 Å². The zero-order chi connectivity index (χ0) is 31.9. The third kappa shape index (κ3) is 6.12. The summed E-state index contributed by atoms with van der Waals surface area (Å²) < 4.78 is 8.45. The quantitative estimate of drug-likeness (QED) is 0.209. The number of carbonyl (C=O) groups excluding carboxylic acids is 2. The summed E-state index contributed by atoms with van der Waals surface area (Å²) in [5.41, 5.74) is 4.46. The van der Waals surface area contributed by atoms with Crippen LogP contribution in [0.4, 0.5) is 0 Å². The third-order valence-corrected chi connectivity index (χ3v) is 9.26. The minimum atomic E-state index is 0.0391. The van der Waals surface area contributed by atoms with Gasteiger partial charge in [-0.2, -0.15) is 15.3 Å². The van der Waals surface area contributed by atoms with Gasteiger partial charge in [0.15, 0.2) is 5.82 Å². The van der Waals surface area contributed by atoms with Gasteiger partial charge in [0.2, 0.25) is 11.8 Å². The molecule has 2 aromatic carbocycles. The average Bonchev–Trinajstić information content (AvgIpc) is 3.55. The number of aryl methyl sites for hydroxylation is 1. The SMILES string of the molecule is CCn1nc(-c2ccc(CN3C[C@@H](C)CC3=O)c(Oc3ccc(-c4ccc(C(C)C)nn4)cc3)c2)nc1C1CC(=O)N(C2CC2)C1. The van der Waals surface area contributed by atoms with Crippen molar-refractivity contribution >= 4 is 11.8 Å². The summed E-state index contributed by atoms with van der Waals surface area (Å²) in [4.78, 5) is 34.3. The summed E-state index contributed by atoms with van der Waals surface area (Å²) in [6.45, 7) is 10.9. The molecule has 3 fully saturated rings. The molecule has 1 aliphatic carbocycles. The molecule has 2 saturated heterocycles. The fraction of sp³-hybridized carbons (Fsp3) is 0.444. The van der Waals surface area contributed by atoms with Crippen LogP contribution in [0.15, 0.2) is 54.6 Å². The smallest absolute Gasteiger partial charge is 0.223 e. The second kappa shape index (κ2) is 12.3. The Labute approximate surface area is 269 Å². The number of hydrogen-bond donors (Lipinski definition) is 0. The number of ether oxygens (including phenoxy) is 1. The Balaban J connectivity index is 1.17. The van der Waals surface area contributed by atoms with E-state index in [0.29, 0.717) is 67.7 Å². The highest BCUT2D eigenvalue weighted by Gasteiger charge is 2.41. The highest BCUT2D eigenvalue weighted by Crippen LogP contribution is 2.38. The summed E-state index contributed by atoms with van der Waals surface area (Å²) in [5.74, 6) is 3.87. The third-order valence-electron chi connectivity index (χ3n) is 9.26. The van der Waals surface area contributed by atoms with Crippen LogP contribution < -0.4 is 4.74 Å². The van der Waals surface area contributed by atoms with Gasteiger partial charge in [0, 0.05) is 67.7 Å². The van der Waals surface area contributed by atoms with Crippen LogP contribution in [0.1, 0.15) is 82.3 Å². The van der Waals surface area contributed by atoms with Crippen LogP contribution in [-0.2, 0) is 22.7 Å². The molecule has 2 aliphatic heterocycles. The van der Waals surface area contributed by atoms with Gasteiger partial charge in [-0.25, -0.2) is 9.67 Å². The minimum absolute atomic E-state index is 0.0391. The molecular formula is C36H41N7O3. The molecule has 2 atom stereocenters. The molecule has 4 heterocycles. The Morgan fingerprint density at radius 3 is 2.35 bits per heavy atom. The van der Waals surface area contributed by atoms with E-state index in [1.807, 2.05) is 69.1 Å². The Morgan fingerprint density at radius 1 is 0.913 bits per heavy atom. The first-order valence-electron chi connectivity index (χ1n) is 16.5. The van der Waals surface area contributed by atoms with E-state index in [1.165, 1.54) is 0 Å². The van der Waals surface area contributed by atoms with E-state index in [0.717, 1.165) is 53.3 Å². The van der Waals surface area contributed by atoms with Crippen molar-refractivity contribution in [3.8, 4) is 34.1 Å². The lowest BCUT2D eigenvalue weighted by Gasteiger charge is -2.19. The van der Waals surface area contributed by atoms with Gasteiger partial charge in [-0.1, -0.05) is 32.9 Å². The highest BCUT2D eigenvalue weighted by molar-refractivity contribution is 5.80. The van der Waals surface area contributed by atoms with Crippen molar-refractivity contribution in [2.24, 2.45) is 5.92 Å². The molecular weight excluding hydrogens is 578 g/mol. The van der Waals surface area contributed by atoms with Crippen molar-refractivity contribution in [3.63, 3.8) is 0 Å². The largest absolute Gasteiger partial charge is 0.457 e. The van der Waals surface area contributed by atoms with Crippen LogP contribution in [-0.4, -0.2) is 65.7 Å². The molecule has 1 unspecified atom stereocenters.